The van der Waals surface area contributed by atoms with E-state index in [-0.39, 0.29) is 0 Å². The summed E-state index contributed by atoms with van der Waals surface area (Å²) in [6, 6.07) is 2.09. The second kappa shape index (κ2) is 5.27. The van der Waals surface area contributed by atoms with E-state index in [9.17, 15) is 0 Å². The minimum absolute atomic E-state index is 0.555. The summed E-state index contributed by atoms with van der Waals surface area (Å²) in [4.78, 5) is 1.40. The van der Waals surface area contributed by atoms with E-state index >= 15 is 0 Å². The summed E-state index contributed by atoms with van der Waals surface area (Å²) in [5.41, 5.74) is 5.52. The van der Waals surface area contributed by atoms with E-state index in [1.54, 1.807) is 11.3 Å². The molecule has 0 aliphatic heterocycles. The molecule has 2 N–H and O–H groups in total. The van der Waals surface area contributed by atoms with Crippen LogP contribution in [0, 0.1) is 0 Å². The maximum atomic E-state index is 5.52. The lowest BCUT2D eigenvalue weighted by Gasteiger charge is -2.06. The van der Waals surface area contributed by atoms with Crippen molar-refractivity contribution in [1.82, 2.24) is 0 Å². The fraction of sp³-hybridized carbons (Fsp3) is 0.500. The first-order valence-electron chi connectivity index (χ1n) is 3.77. The zero-order chi connectivity index (χ0) is 8.97. The average molecular weight is 266 g/mol. The molecular formula is C8H12BrNS2. The molecule has 0 aliphatic rings. The van der Waals surface area contributed by atoms with Crippen LogP contribution in [0.2, 0.25) is 0 Å². The summed E-state index contributed by atoms with van der Waals surface area (Å²) in [5.74, 6) is 1.07. The van der Waals surface area contributed by atoms with Gasteiger partial charge in [0.15, 0.2) is 0 Å². The van der Waals surface area contributed by atoms with Crippen LogP contribution in [-0.2, 0) is 5.75 Å². The van der Waals surface area contributed by atoms with E-state index in [2.05, 4.69) is 34.3 Å². The topological polar surface area (TPSA) is 26.0 Å². The molecule has 0 radical (unpaired) electrons. The molecule has 1 heterocycles. The third-order valence-corrected chi connectivity index (χ3v) is 4.85. The second-order valence-corrected chi connectivity index (χ2v) is 5.83. The highest BCUT2D eigenvalue weighted by atomic mass is 79.9. The first-order valence-corrected chi connectivity index (χ1v) is 6.49. The third-order valence-electron chi connectivity index (χ3n) is 1.52. The molecular weight excluding hydrogens is 254 g/mol. The van der Waals surface area contributed by atoms with Crippen molar-refractivity contribution in [3.63, 3.8) is 0 Å². The van der Waals surface area contributed by atoms with Crippen LogP contribution in [0.15, 0.2) is 15.9 Å². The quantitative estimate of drug-likeness (QED) is 0.906. The molecule has 68 valence electrons. The normalized spacial score (nSPS) is 13.2. The molecule has 0 fully saturated rings. The van der Waals surface area contributed by atoms with Crippen molar-refractivity contribution < 1.29 is 0 Å². The largest absolute Gasteiger partial charge is 0.329 e. The van der Waals surface area contributed by atoms with E-state index in [1.165, 1.54) is 9.35 Å². The summed E-state index contributed by atoms with van der Waals surface area (Å²) >= 11 is 7.20. The highest BCUT2D eigenvalue weighted by Crippen LogP contribution is 2.28. The van der Waals surface area contributed by atoms with Crippen molar-refractivity contribution in [2.24, 2.45) is 5.73 Å². The van der Waals surface area contributed by atoms with Crippen molar-refractivity contribution >= 4 is 39.0 Å². The lowest BCUT2D eigenvalue weighted by molar-refractivity contribution is 0.951. The van der Waals surface area contributed by atoms with Crippen molar-refractivity contribution in [1.29, 1.82) is 0 Å². The summed E-state index contributed by atoms with van der Waals surface area (Å²) in [6.07, 6.45) is 0. The van der Waals surface area contributed by atoms with E-state index in [0.717, 1.165) is 12.3 Å². The minimum Gasteiger partial charge on any atom is -0.329 e. The number of rotatable bonds is 4. The summed E-state index contributed by atoms with van der Waals surface area (Å²) in [5, 5.41) is 2.66. The van der Waals surface area contributed by atoms with Gasteiger partial charge in [0.05, 0.1) is 0 Å². The molecule has 1 unspecified atom stereocenters. The minimum atomic E-state index is 0.555. The molecule has 0 amide bonds. The number of hydrogen-bond donors (Lipinski definition) is 1. The van der Waals surface area contributed by atoms with Crippen LogP contribution in [0.1, 0.15) is 11.8 Å². The first-order chi connectivity index (χ1) is 5.74. The van der Waals surface area contributed by atoms with Gasteiger partial charge in [0.2, 0.25) is 0 Å². The fourth-order valence-corrected chi connectivity index (χ4v) is 3.38. The third kappa shape index (κ3) is 3.09. The molecule has 0 saturated carbocycles. The molecule has 12 heavy (non-hydrogen) atoms. The maximum Gasteiger partial charge on any atom is 0.0322 e. The van der Waals surface area contributed by atoms with E-state index in [1.807, 2.05) is 11.8 Å². The van der Waals surface area contributed by atoms with Gasteiger partial charge < -0.3 is 5.73 Å². The molecule has 1 nitrogen and oxygen atoms in total. The zero-order valence-electron chi connectivity index (χ0n) is 6.92. The lowest BCUT2D eigenvalue weighted by atomic mass is 10.5. The van der Waals surface area contributed by atoms with Gasteiger partial charge in [-0.3, -0.25) is 0 Å². The Balaban J connectivity index is 2.38. The van der Waals surface area contributed by atoms with Crippen LogP contribution in [-0.4, -0.2) is 11.8 Å². The number of thiophene rings is 1. The predicted molar refractivity (Wildman–Crippen MR) is 61.8 cm³/mol. The molecule has 0 bridgehead atoms. The van der Waals surface area contributed by atoms with Crippen molar-refractivity contribution in [3.05, 3.63) is 20.8 Å². The van der Waals surface area contributed by atoms with Crippen LogP contribution in [0.3, 0.4) is 0 Å². The van der Waals surface area contributed by atoms with Gasteiger partial charge in [-0.05, 0) is 27.4 Å². The van der Waals surface area contributed by atoms with Gasteiger partial charge in [-0.1, -0.05) is 6.92 Å². The summed E-state index contributed by atoms with van der Waals surface area (Å²) in [6.45, 7) is 2.92. The van der Waals surface area contributed by atoms with E-state index in [4.69, 9.17) is 5.73 Å². The van der Waals surface area contributed by atoms with Gasteiger partial charge in [0, 0.05) is 26.9 Å². The summed E-state index contributed by atoms with van der Waals surface area (Å²) in [7, 11) is 0. The second-order valence-electron chi connectivity index (χ2n) is 2.55. The van der Waals surface area contributed by atoms with E-state index < -0.39 is 0 Å². The lowest BCUT2D eigenvalue weighted by Crippen LogP contribution is -2.12. The molecule has 0 saturated heterocycles. The predicted octanol–water partition coefficient (Wildman–Crippen LogP) is 3.09. The Bertz CT molecular complexity index is 237. The van der Waals surface area contributed by atoms with Crippen LogP contribution >= 0.6 is 39.0 Å². The van der Waals surface area contributed by atoms with Gasteiger partial charge in [0.1, 0.15) is 0 Å². The van der Waals surface area contributed by atoms with Gasteiger partial charge >= 0.3 is 0 Å². The smallest absolute Gasteiger partial charge is 0.0322 e. The van der Waals surface area contributed by atoms with Crippen molar-refractivity contribution in [3.8, 4) is 0 Å². The van der Waals surface area contributed by atoms with Crippen LogP contribution in [0.5, 0.6) is 0 Å². The molecule has 1 rings (SSSR count). The Labute approximate surface area is 89.9 Å². The number of hydrogen-bond acceptors (Lipinski definition) is 3. The highest BCUT2D eigenvalue weighted by Gasteiger charge is 2.04. The van der Waals surface area contributed by atoms with Gasteiger partial charge in [-0.2, -0.15) is 11.8 Å². The monoisotopic (exact) mass is 265 g/mol. The standard InChI is InChI=1S/C8H12BrNS2/c1-6(4-10)12-5-8-7(9)2-3-11-8/h2-3,6H,4-5,10H2,1H3. The van der Waals surface area contributed by atoms with Gasteiger partial charge in [0.25, 0.3) is 0 Å². The Morgan fingerprint density at radius 1 is 1.75 bits per heavy atom. The van der Waals surface area contributed by atoms with Gasteiger partial charge in [-0.15, -0.1) is 11.3 Å². The van der Waals surface area contributed by atoms with Crippen LogP contribution < -0.4 is 5.73 Å². The van der Waals surface area contributed by atoms with Crippen molar-refractivity contribution in [2.75, 3.05) is 6.54 Å². The summed E-state index contributed by atoms with van der Waals surface area (Å²) < 4.78 is 1.23. The molecule has 0 aromatic carbocycles. The number of thioether (sulfide) groups is 1. The Kier molecular flexibility index (Phi) is 4.64. The Hall–Kier alpha value is 0.490. The number of nitrogens with two attached hydrogens (primary N) is 1. The zero-order valence-corrected chi connectivity index (χ0v) is 10.1. The molecule has 0 aliphatic carbocycles. The maximum absolute atomic E-state index is 5.52. The van der Waals surface area contributed by atoms with Crippen LogP contribution in [0.4, 0.5) is 0 Å². The molecule has 1 aromatic rings. The molecule has 4 heteroatoms. The van der Waals surface area contributed by atoms with Crippen molar-refractivity contribution in [2.45, 2.75) is 17.9 Å². The van der Waals surface area contributed by atoms with Gasteiger partial charge in [-0.25, -0.2) is 0 Å². The Morgan fingerprint density at radius 3 is 3.00 bits per heavy atom. The molecule has 1 atom stereocenters. The molecule has 1 aromatic heterocycles. The highest BCUT2D eigenvalue weighted by molar-refractivity contribution is 9.10. The first kappa shape index (κ1) is 10.6. The van der Waals surface area contributed by atoms with E-state index in [0.29, 0.717) is 5.25 Å². The van der Waals surface area contributed by atoms with Crippen LogP contribution in [0.25, 0.3) is 0 Å². The molecule has 0 spiro atoms. The average Bonchev–Trinajstić information content (AvgIpc) is 2.47. The Morgan fingerprint density at radius 2 is 2.50 bits per heavy atom. The number of halogens is 1. The fourth-order valence-electron chi connectivity index (χ4n) is 0.714. The SMILES string of the molecule is CC(CN)SCc1sccc1Br.